The van der Waals surface area contributed by atoms with Crippen molar-refractivity contribution in [1.29, 1.82) is 0 Å². The number of halogens is 1. The summed E-state index contributed by atoms with van der Waals surface area (Å²) in [5.41, 5.74) is 1.92. The summed E-state index contributed by atoms with van der Waals surface area (Å²) in [6, 6.07) is 19.5. The lowest BCUT2D eigenvalue weighted by Gasteiger charge is -2.17. The van der Waals surface area contributed by atoms with E-state index in [-0.39, 0.29) is 25.9 Å². The van der Waals surface area contributed by atoms with Gasteiger partial charge in [0.1, 0.15) is 0 Å². The second-order valence-electron chi connectivity index (χ2n) is 5.87. The molecule has 2 aromatic rings. The summed E-state index contributed by atoms with van der Waals surface area (Å²) in [6.45, 7) is 3.91. The van der Waals surface area contributed by atoms with Gasteiger partial charge in [-0.25, -0.2) is 0 Å². The standard InChI is InChI=1S/2C10H15NO.ClH/c2*1-8(11-2)10(12)9-6-4-3-5-7-9;/h2*3-8,10-12H,1-2H3;1H/t8-,10+;8-,10-;/m00./s1. The van der Waals surface area contributed by atoms with E-state index in [1.54, 1.807) is 0 Å². The molecule has 0 aliphatic carbocycles. The Hall–Kier alpha value is -1.43. The quantitative estimate of drug-likeness (QED) is 0.570. The van der Waals surface area contributed by atoms with Gasteiger partial charge in [-0.1, -0.05) is 60.7 Å². The normalized spacial score (nSPS) is 15.0. The molecule has 0 spiro atoms. The minimum atomic E-state index is -0.420. The van der Waals surface area contributed by atoms with Crippen LogP contribution in [0, 0.1) is 0 Å². The Morgan fingerprint density at radius 1 is 0.680 bits per heavy atom. The van der Waals surface area contributed by atoms with Crippen molar-refractivity contribution in [3.05, 3.63) is 71.8 Å². The largest absolute Gasteiger partial charge is 1.00 e. The van der Waals surface area contributed by atoms with Crippen molar-refractivity contribution < 1.29 is 24.0 Å². The van der Waals surface area contributed by atoms with Crippen molar-refractivity contribution in [1.82, 2.24) is 10.6 Å². The Labute approximate surface area is 159 Å². The van der Waals surface area contributed by atoms with Crippen molar-refractivity contribution in [2.24, 2.45) is 0 Å². The van der Waals surface area contributed by atoms with E-state index < -0.39 is 12.2 Å². The summed E-state index contributed by atoms with van der Waals surface area (Å²) in [6.07, 6.45) is -0.840. The Kier molecular flexibility index (Phi) is 12.1. The summed E-state index contributed by atoms with van der Waals surface area (Å²) in [4.78, 5) is 0. The van der Waals surface area contributed by atoms with Crippen LogP contribution in [-0.2, 0) is 0 Å². The molecule has 2 rings (SSSR count). The highest BCUT2D eigenvalue weighted by Gasteiger charge is 2.13. The van der Waals surface area contributed by atoms with Crippen LogP contribution in [0.3, 0.4) is 0 Å². The van der Waals surface area contributed by atoms with Crippen molar-refractivity contribution in [2.75, 3.05) is 14.1 Å². The Bertz CT molecular complexity index is 509. The van der Waals surface area contributed by atoms with Crippen LogP contribution in [0.15, 0.2) is 60.7 Å². The van der Waals surface area contributed by atoms with Crippen LogP contribution in [0.1, 0.15) is 38.6 Å². The van der Waals surface area contributed by atoms with E-state index in [0.717, 1.165) is 11.1 Å². The SMILES string of the molecule is CN[C@@H](C)[C@@H](O)c1ccccc1.CN[C@@H](C)[C@H](O)c1ccccc1.[Cl-].[H+]. The van der Waals surface area contributed by atoms with E-state index in [1.165, 1.54) is 0 Å². The third-order valence-corrected chi connectivity index (χ3v) is 4.14. The zero-order chi connectivity index (χ0) is 17.9. The lowest BCUT2D eigenvalue weighted by Crippen LogP contribution is -3.00. The first-order chi connectivity index (χ1) is 11.5. The first-order valence-corrected chi connectivity index (χ1v) is 8.31. The van der Waals surface area contributed by atoms with Crippen molar-refractivity contribution in [3.8, 4) is 0 Å². The summed E-state index contributed by atoms with van der Waals surface area (Å²) >= 11 is 0. The predicted molar refractivity (Wildman–Crippen MR) is 101 cm³/mol. The molecule has 0 aromatic heterocycles. The van der Waals surface area contributed by atoms with Crippen LogP contribution in [0.2, 0.25) is 0 Å². The second kappa shape index (κ2) is 12.9. The third kappa shape index (κ3) is 7.99. The van der Waals surface area contributed by atoms with Gasteiger partial charge in [0.2, 0.25) is 0 Å². The van der Waals surface area contributed by atoms with Gasteiger partial charge in [0, 0.05) is 12.1 Å². The van der Waals surface area contributed by atoms with Crippen LogP contribution in [0.5, 0.6) is 0 Å². The smallest absolute Gasteiger partial charge is 1.00 e. The van der Waals surface area contributed by atoms with E-state index in [4.69, 9.17) is 0 Å². The van der Waals surface area contributed by atoms with Gasteiger partial charge in [-0.2, -0.15) is 0 Å². The average molecular weight is 367 g/mol. The first kappa shape index (κ1) is 23.6. The first-order valence-electron chi connectivity index (χ1n) is 8.31. The van der Waals surface area contributed by atoms with Crippen LogP contribution >= 0.6 is 0 Å². The van der Waals surface area contributed by atoms with E-state index in [2.05, 4.69) is 10.6 Å². The Balaban J connectivity index is 0. The maximum atomic E-state index is 9.73. The van der Waals surface area contributed by atoms with Crippen LogP contribution in [-0.4, -0.2) is 36.4 Å². The molecule has 0 unspecified atom stereocenters. The molecule has 0 bridgehead atoms. The van der Waals surface area contributed by atoms with Gasteiger partial charge >= 0.3 is 1.43 Å². The van der Waals surface area contributed by atoms with Gasteiger partial charge in [0.25, 0.3) is 0 Å². The molecule has 0 saturated carbocycles. The van der Waals surface area contributed by atoms with Gasteiger partial charge < -0.3 is 33.3 Å². The molecule has 0 aliphatic heterocycles. The highest BCUT2D eigenvalue weighted by atomic mass is 35.5. The number of likely N-dealkylation sites (N-methyl/N-ethyl adjacent to an activating group) is 2. The Morgan fingerprint density at radius 2 is 0.960 bits per heavy atom. The third-order valence-electron chi connectivity index (χ3n) is 4.14. The molecular formula is C20H31ClN2O2. The van der Waals surface area contributed by atoms with E-state index in [9.17, 15) is 10.2 Å². The molecule has 25 heavy (non-hydrogen) atoms. The molecule has 0 amide bonds. The lowest BCUT2D eigenvalue weighted by molar-refractivity contribution is -0.00000803. The van der Waals surface area contributed by atoms with Crippen LogP contribution < -0.4 is 23.0 Å². The van der Waals surface area contributed by atoms with Crippen molar-refractivity contribution in [3.63, 3.8) is 0 Å². The highest BCUT2D eigenvalue weighted by molar-refractivity contribution is 5.19. The van der Waals surface area contributed by atoms with Crippen molar-refractivity contribution >= 4 is 0 Å². The van der Waals surface area contributed by atoms with Gasteiger partial charge in [-0.15, -0.1) is 0 Å². The monoisotopic (exact) mass is 366 g/mol. The second-order valence-corrected chi connectivity index (χ2v) is 5.87. The van der Waals surface area contributed by atoms with Gasteiger partial charge in [0.05, 0.1) is 12.2 Å². The fourth-order valence-corrected chi connectivity index (χ4v) is 2.19. The molecule has 140 valence electrons. The van der Waals surface area contributed by atoms with Gasteiger partial charge in [0.15, 0.2) is 0 Å². The molecule has 5 heteroatoms. The van der Waals surface area contributed by atoms with Crippen LogP contribution in [0.25, 0.3) is 0 Å². The molecule has 4 N–H and O–H groups in total. The maximum Gasteiger partial charge on any atom is 1.00 e. The molecule has 0 aliphatic rings. The zero-order valence-corrected chi connectivity index (χ0v) is 16.1. The molecule has 4 atom stereocenters. The number of rotatable bonds is 6. The Morgan fingerprint density at radius 3 is 1.20 bits per heavy atom. The number of aliphatic hydroxyl groups is 2. The topological polar surface area (TPSA) is 64.5 Å². The van der Waals surface area contributed by atoms with Crippen LogP contribution in [0.4, 0.5) is 0 Å². The number of hydrogen-bond acceptors (Lipinski definition) is 4. The molecule has 0 saturated heterocycles. The summed E-state index contributed by atoms with van der Waals surface area (Å²) in [7, 11) is 3.69. The lowest BCUT2D eigenvalue weighted by atomic mass is 10.0. The van der Waals surface area contributed by atoms with Gasteiger partial charge in [-0.05, 0) is 39.1 Å². The van der Waals surface area contributed by atoms with E-state index >= 15 is 0 Å². The molecule has 0 heterocycles. The van der Waals surface area contributed by atoms with E-state index in [1.807, 2.05) is 88.6 Å². The summed E-state index contributed by atoms with van der Waals surface area (Å²) in [5.74, 6) is 0. The van der Waals surface area contributed by atoms with Gasteiger partial charge in [-0.3, -0.25) is 0 Å². The predicted octanol–water partition coefficient (Wildman–Crippen LogP) is -0.228. The number of nitrogens with one attached hydrogen (secondary N) is 2. The molecule has 0 radical (unpaired) electrons. The molecule has 0 fully saturated rings. The minimum absolute atomic E-state index is 0. The van der Waals surface area contributed by atoms with Crippen molar-refractivity contribution in [2.45, 2.75) is 38.1 Å². The average Bonchev–Trinajstić information content (AvgIpc) is 2.67. The summed E-state index contributed by atoms with van der Waals surface area (Å²) in [5, 5.41) is 25.5. The number of hydrogen-bond donors (Lipinski definition) is 4. The minimum Gasteiger partial charge on any atom is -1.00 e. The molecule has 2 aromatic carbocycles. The highest BCUT2D eigenvalue weighted by Crippen LogP contribution is 2.16. The molecule has 4 nitrogen and oxygen atoms in total. The number of aliphatic hydroxyl groups excluding tert-OH is 2. The number of benzene rings is 2. The van der Waals surface area contributed by atoms with E-state index in [0.29, 0.717) is 0 Å². The fraction of sp³-hybridized carbons (Fsp3) is 0.400. The maximum absolute atomic E-state index is 9.73. The fourth-order valence-electron chi connectivity index (χ4n) is 2.19. The zero-order valence-electron chi connectivity index (χ0n) is 16.4. The summed E-state index contributed by atoms with van der Waals surface area (Å²) < 4.78 is 0. The molecular weight excluding hydrogens is 336 g/mol.